The van der Waals surface area contributed by atoms with Gasteiger partial charge in [0.15, 0.2) is 0 Å². The van der Waals surface area contributed by atoms with Crippen molar-refractivity contribution in [3.8, 4) is 0 Å². The fourth-order valence-electron chi connectivity index (χ4n) is 0.551. The van der Waals surface area contributed by atoms with Crippen LogP contribution in [-0.4, -0.2) is 24.5 Å². The lowest BCUT2D eigenvalue weighted by molar-refractivity contribution is 0.252. The summed E-state index contributed by atoms with van der Waals surface area (Å²) in [5.74, 6) is 0. The summed E-state index contributed by atoms with van der Waals surface area (Å²) in [5.41, 5.74) is 0.152. The normalized spacial score (nSPS) is 14.0. The van der Waals surface area contributed by atoms with Crippen LogP contribution in [0.4, 0.5) is 0 Å². The second-order valence-electron chi connectivity index (χ2n) is 3.43. The van der Waals surface area contributed by atoms with Gasteiger partial charge in [0.25, 0.3) is 0 Å². The molecule has 11 heavy (non-hydrogen) atoms. The zero-order valence-electron chi connectivity index (χ0n) is 8.26. The fraction of sp³-hybridized carbons (Fsp3) is 0.600. The van der Waals surface area contributed by atoms with Crippen LogP contribution < -0.4 is 0 Å². The molecule has 0 aromatic rings. The Kier molecular flexibility index (Phi) is 4.12. The summed E-state index contributed by atoms with van der Waals surface area (Å²) >= 11 is 0. The SMILES string of the molecule is C/C=C/C=C\C(C)(C)N(C)C. The zero-order chi connectivity index (χ0) is 8.91. The summed E-state index contributed by atoms with van der Waals surface area (Å²) < 4.78 is 0. The highest BCUT2D eigenvalue weighted by atomic mass is 15.1. The fourth-order valence-corrected chi connectivity index (χ4v) is 0.551. The number of hydrogen-bond acceptors (Lipinski definition) is 1. The molecule has 0 aromatic carbocycles. The molecule has 0 heterocycles. The van der Waals surface area contributed by atoms with E-state index in [1.807, 2.05) is 19.1 Å². The molecule has 0 atom stereocenters. The molecular weight excluding hydrogens is 134 g/mol. The number of rotatable bonds is 3. The van der Waals surface area contributed by atoms with Crippen LogP contribution in [0.25, 0.3) is 0 Å². The molecule has 0 aromatic heterocycles. The molecule has 0 saturated heterocycles. The van der Waals surface area contributed by atoms with Crippen LogP contribution in [0, 0.1) is 0 Å². The third kappa shape index (κ3) is 3.99. The maximum Gasteiger partial charge on any atom is 0.0331 e. The lowest BCUT2D eigenvalue weighted by Crippen LogP contribution is -2.35. The highest BCUT2D eigenvalue weighted by molar-refractivity contribution is 5.09. The average molecular weight is 153 g/mol. The van der Waals surface area contributed by atoms with E-state index in [0.717, 1.165) is 0 Å². The van der Waals surface area contributed by atoms with Crippen LogP contribution in [0.1, 0.15) is 20.8 Å². The van der Waals surface area contributed by atoms with E-state index < -0.39 is 0 Å². The molecule has 0 aliphatic rings. The molecule has 0 N–H and O–H groups in total. The minimum absolute atomic E-state index is 0.152. The van der Waals surface area contributed by atoms with Crippen molar-refractivity contribution in [1.29, 1.82) is 0 Å². The molecule has 0 bridgehead atoms. The Balaban J connectivity index is 4.11. The third-order valence-electron chi connectivity index (χ3n) is 1.96. The molecule has 0 aliphatic heterocycles. The molecule has 0 spiro atoms. The van der Waals surface area contributed by atoms with Crippen LogP contribution in [-0.2, 0) is 0 Å². The Hall–Kier alpha value is -0.560. The number of allylic oxidation sites excluding steroid dienone is 3. The summed E-state index contributed by atoms with van der Waals surface area (Å²) in [6, 6.07) is 0. The first-order chi connectivity index (χ1) is 5.00. The largest absolute Gasteiger partial charge is 0.301 e. The second-order valence-corrected chi connectivity index (χ2v) is 3.43. The van der Waals surface area contributed by atoms with E-state index in [2.05, 4.69) is 45.0 Å². The van der Waals surface area contributed by atoms with Crippen LogP contribution >= 0.6 is 0 Å². The molecule has 0 fully saturated rings. The summed E-state index contributed by atoms with van der Waals surface area (Å²) in [5, 5.41) is 0. The van der Waals surface area contributed by atoms with Gasteiger partial charge in [0.2, 0.25) is 0 Å². The molecule has 0 aliphatic carbocycles. The minimum Gasteiger partial charge on any atom is -0.301 e. The van der Waals surface area contributed by atoms with Gasteiger partial charge in [0, 0.05) is 5.54 Å². The van der Waals surface area contributed by atoms with Gasteiger partial charge in [-0.3, -0.25) is 0 Å². The molecular formula is C10H19N. The first kappa shape index (κ1) is 10.4. The number of nitrogens with zero attached hydrogens (tertiary/aromatic N) is 1. The summed E-state index contributed by atoms with van der Waals surface area (Å²) in [4.78, 5) is 2.19. The zero-order valence-corrected chi connectivity index (χ0v) is 8.26. The van der Waals surface area contributed by atoms with E-state index >= 15 is 0 Å². The molecule has 0 saturated carbocycles. The van der Waals surface area contributed by atoms with Gasteiger partial charge in [-0.15, -0.1) is 0 Å². The van der Waals surface area contributed by atoms with E-state index in [1.165, 1.54) is 0 Å². The molecule has 1 nitrogen and oxygen atoms in total. The maximum absolute atomic E-state index is 2.19. The molecule has 0 rings (SSSR count). The Labute approximate surface area is 70.4 Å². The lowest BCUT2D eigenvalue weighted by Gasteiger charge is -2.28. The maximum atomic E-state index is 2.19. The van der Waals surface area contributed by atoms with Crippen LogP contribution in [0.15, 0.2) is 24.3 Å². The van der Waals surface area contributed by atoms with Crippen molar-refractivity contribution in [1.82, 2.24) is 4.90 Å². The van der Waals surface area contributed by atoms with Gasteiger partial charge in [-0.05, 0) is 34.9 Å². The molecule has 1 heteroatoms. The second kappa shape index (κ2) is 4.35. The highest BCUT2D eigenvalue weighted by Gasteiger charge is 2.14. The topological polar surface area (TPSA) is 3.24 Å². The molecule has 64 valence electrons. The van der Waals surface area contributed by atoms with E-state index in [1.54, 1.807) is 0 Å². The number of likely N-dealkylation sites (N-methyl/N-ethyl adjacent to an activating group) is 1. The van der Waals surface area contributed by atoms with Crippen LogP contribution in [0.2, 0.25) is 0 Å². The molecule has 0 unspecified atom stereocenters. The van der Waals surface area contributed by atoms with Crippen molar-refractivity contribution >= 4 is 0 Å². The van der Waals surface area contributed by atoms with E-state index in [-0.39, 0.29) is 5.54 Å². The van der Waals surface area contributed by atoms with E-state index in [0.29, 0.717) is 0 Å². The standard InChI is InChI=1S/C10H19N/c1-6-7-8-9-10(2,3)11(4)5/h6-9H,1-5H3/b7-6+,9-8-. The van der Waals surface area contributed by atoms with Gasteiger partial charge in [0.05, 0.1) is 0 Å². The average Bonchev–Trinajstić information content (AvgIpc) is 1.88. The summed E-state index contributed by atoms with van der Waals surface area (Å²) in [7, 11) is 4.17. The van der Waals surface area contributed by atoms with Crippen molar-refractivity contribution < 1.29 is 0 Å². The van der Waals surface area contributed by atoms with Crippen molar-refractivity contribution in [2.75, 3.05) is 14.1 Å². The van der Waals surface area contributed by atoms with Crippen molar-refractivity contribution in [2.24, 2.45) is 0 Å². The Morgan fingerprint density at radius 1 is 1.09 bits per heavy atom. The van der Waals surface area contributed by atoms with Crippen LogP contribution in [0.3, 0.4) is 0 Å². The summed E-state index contributed by atoms with van der Waals surface area (Å²) in [6.07, 6.45) is 8.35. The lowest BCUT2D eigenvalue weighted by atomic mass is 10.0. The van der Waals surface area contributed by atoms with Gasteiger partial charge in [0.1, 0.15) is 0 Å². The predicted octanol–water partition coefficient (Wildman–Crippen LogP) is 2.46. The Morgan fingerprint density at radius 2 is 1.64 bits per heavy atom. The van der Waals surface area contributed by atoms with Crippen molar-refractivity contribution in [2.45, 2.75) is 26.3 Å². The van der Waals surface area contributed by atoms with Gasteiger partial charge < -0.3 is 4.90 Å². The quantitative estimate of drug-likeness (QED) is 0.563. The molecule has 0 amide bonds. The first-order valence-corrected chi connectivity index (χ1v) is 3.98. The molecule has 0 radical (unpaired) electrons. The monoisotopic (exact) mass is 153 g/mol. The smallest absolute Gasteiger partial charge is 0.0331 e. The van der Waals surface area contributed by atoms with E-state index in [9.17, 15) is 0 Å². The third-order valence-corrected chi connectivity index (χ3v) is 1.96. The number of hydrogen-bond donors (Lipinski definition) is 0. The summed E-state index contributed by atoms with van der Waals surface area (Å²) in [6.45, 7) is 6.40. The minimum atomic E-state index is 0.152. The van der Waals surface area contributed by atoms with Gasteiger partial charge >= 0.3 is 0 Å². The Morgan fingerprint density at radius 3 is 2.00 bits per heavy atom. The first-order valence-electron chi connectivity index (χ1n) is 3.98. The van der Waals surface area contributed by atoms with Crippen LogP contribution in [0.5, 0.6) is 0 Å². The van der Waals surface area contributed by atoms with Gasteiger partial charge in [-0.2, -0.15) is 0 Å². The van der Waals surface area contributed by atoms with Crippen molar-refractivity contribution in [3.63, 3.8) is 0 Å². The van der Waals surface area contributed by atoms with Crippen molar-refractivity contribution in [3.05, 3.63) is 24.3 Å². The predicted molar refractivity (Wildman–Crippen MR) is 51.7 cm³/mol. The van der Waals surface area contributed by atoms with Gasteiger partial charge in [-0.25, -0.2) is 0 Å². The highest BCUT2D eigenvalue weighted by Crippen LogP contribution is 2.11. The Bertz CT molecular complexity index is 152. The van der Waals surface area contributed by atoms with Gasteiger partial charge in [-0.1, -0.05) is 24.3 Å². The van der Waals surface area contributed by atoms with E-state index in [4.69, 9.17) is 0 Å².